The van der Waals surface area contributed by atoms with Crippen LogP contribution < -0.4 is 11.0 Å². The zero-order valence-electron chi connectivity index (χ0n) is 13.0. The van der Waals surface area contributed by atoms with E-state index in [0.29, 0.717) is 18.5 Å². The number of nitrogens with two attached hydrogens (primary N) is 2. The van der Waals surface area contributed by atoms with Crippen LogP contribution in [0.2, 0.25) is 0 Å². The summed E-state index contributed by atoms with van der Waals surface area (Å²) in [6, 6.07) is 5.40. The van der Waals surface area contributed by atoms with Crippen molar-refractivity contribution in [2.75, 3.05) is 20.6 Å². The predicted molar refractivity (Wildman–Crippen MR) is 85.7 cm³/mol. The zero-order valence-corrected chi connectivity index (χ0v) is 13.9. The standard InChI is InChI=1S/C13H21N4O5P/c1-16(2)8-7-12(18)9-13(22-23(14,15)21)10-3-5-11(6-4-10)17(19)20/h3-6,13H,7-9H2,1-2H3,(H4,14,15,21). The largest absolute Gasteiger partial charge is 0.336 e. The first-order chi connectivity index (χ1) is 10.6. The molecule has 9 nitrogen and oxygen atoms in total. The van der Waals surface area contributed by atoms with Gasteiger partial charge in [-0.05, 0) is 31.8 Å². The van der Waals surface area contributed by atoms with Crippen molar-refractivity contribution < 1.29 is 18.8 Å². The Morgan fingerprint density at radius 2 is 1.91 bits per heavy atom. The number of ketones is 1. The fraction of sp³-hybridized carbons (Fsp3) is 0.462. The number of hydrogen-bond donors (Lipinski definition) is 2. The molecule has 1 atom stereocenters. The fourth-order valence-electron chi connectivity index (χ4n) is 1.88. The average molecular weight is 344 g/mol. The summed E-state index contributed by atoms with van der Waals surface area (Å²) >= 11 is 0. The monoisotopic (exact) mass is 344 g/mol. The first-order valence-corrected chi connectivity index (χ1v) is 8.61. The lowest BCUT2D eigenvalue weighted by Crippen LogP contribution is -2.20. The lowest BCUT2D eigenvalue weighted by molar-refractivity contribution is -0.384. The molecule has 0 saturated heterocycles. The van der Waals surface area contributed by atoms with E-state index in [2.05, 4.69) is 0 Å². The van der Waals surface area contributed by atoms with Gasteiger partial charge in [-0.15, -0.1) is 0 Å². The minimum Gasteiger partial charge on any atom is -0.309 e. The molecule has 1 aromatic rings. The highest BCUT2D eigenvalue weighted by molar-refractivity contribution is 7.53. The van der Waals surface area contributed by atoms with Gasteiger partial charge in [-0.3, -0.25) is 24.0 Å². The molecule has 1 unspecified atom stereocenters. The second-order valence-corrected chi connectivity index (χ2v) is 6.89. The van der Waals surface area contributed by atoms with Crippen molar-refractivity contribution in [3.8, 4) is 0 Å². The van der Waals surface area contributed by atoms with Gasteiger partial charge >= 0.3 is 7.67 Å². The van der Waals surface area contributed by atoms with Gasteiger partial charge in [0.05, 0.1) is 11.0 Å². The maximum Gasteiger partial charge on any atom is 0.336 e. The molecule has 0 aliphatic rings. The molecule has 4 N–H and O–H groups in total. The Morgan fingerprint density at radius 3 is 2.35 bits per heavy atom. The van der Waals surface area contributed by atoms with Crippen LogP contribution in [0.5, 0.6) is 0 Å². The Morgan fingerprint density at radius 1 is 1.35 bits per heavy atom. The SMILES string of the molecule is CN(C)CCC(=O)CC(OP(N)(N)=O)c1ccc([N+](=O)[O-])cc1. The van der Waals surface area contributed by atoms with E-state index in [1.54, 1.807) is 0 Å². The summed E-state index contributed by atoms with van der Waals surface area (Å²) < 4.78 is 16.6. The average Bonchev–Trinajstić information content (AvgIpc) is 2.43. The number of carbonyl (C=O) groups excluding carboxylic acids is 1. The van der Waals surface area contributed by atoms with Crippen LogP contribution >= 0.6 is 7.67 Å². The second kappa shape index (κ2) is 8.28. The predicted octanol–water partition coefficient (Wildman–Crippen LogP) is 1.59. The van der Waals surface area contributed by atoms with Gasteiger partial charge in [0.2, 0.25) is 0 Å². The van der Waals surface area contributed by atoms with E-state index >= 15 is 0 Å². The van der Waals surface area contributed by atoms with Crippen LogP contribution in [0.4, 0.5) is 5.69 Å². The molecule has 1 rings (SSSR count). The summed E-state index contributed by atoms with van der Waals surface area (Å²) in [7, 11) is -0.131. The van der Waals surface area contributed by atoms with E-state index in [1.165, 1.54) is 24.3 Å². The summed E-state index contributed by atoms with van der Waals surface area (Å²) in [6.07, 6.45) is -0.685. The van der Waals surface area contributed by atoms with Crippen molar-refractivity contribution in [3.05, 3.63) is 39.9 Å². The molecule has 0 aliphatic carbocycles. The highest BCUT2D eigenvalue weighted by Gasteiger charge is 2.24. The third kappa shape index (κ3) is 7.45. The Hall–Kier alpha value is -1.64. The normalized spacial score (nSPS) is 13.1. The number of carbonyl (C=O) groups is 1. The van der Waals surface area contributed by atoms with Gasteiger partial charge in [0.15, 0.2) is 0 Å². The van der Waals surface area contributed by atoms with E-state index in [-0.39, 0.29) is 17.9 Å². The van der Waals surface area contributed by atoms with Crippen LogP contribution in [0.1, 0.15) is 24.5 Å². The Bertz CT molecular complexity index is 599. The molecule has 0 spiro atoms. The lowest BCUT2D eigenvalue weighted by Gasteiger charge is -2.20. The lowest BCUT2D eigenvalue weighted by atomic mass is 10.0. The Balaban J connectivity index is 2.89. The summed E-state index contributed by atoms with van der Waals surface area (Å²) in [4.78, 5) is 24.0. The number of non-ortho nitro benzene ring substituents is 1. The van der Waals surface area contributed by atoms with Crippen LogP contribution in [-0.2, 0) is 13.9 Å². The van der Waals surface area contributed by atoms with E-state index in [4.69, 9.17) is 15.5 Å². The maximum absolute atomic E-state index is 12.0. The van der Waals surface area contributed by atoms with E-state index in [9.17, 15) is 19.5 Å². The minimum atomic E-state index is -3.81. The van der Waals surface area contributed by atoms with Gasteiger partial charge < -0.3 is 4.90 Å². The summed E-state index contributed by atoms with van der Waals surface area (Å²) in [5.74, 6) is -0.115. The number of benzene rings is 1. The molecule has 0 radical (unpaired) electrons. The molecule has 0 aliphatic heterocycles. The maximum atomic E-state index is 12.0. The minimum absolute atomic E-state index is 0.0654. The molecule has 23 heavy (non-hydrogen) atoms. The van der Waals surface area contributed by atoms with Gasteiger partial charge in [-0.2, -0.15) is 0 Å². The summed E-state index contributed by atoms with van der Waals surface area (Å²) in [6.45, 7) is 0.564. The van der Waals surface area contributed by atoms with Crippen LogP contribution in [0.25, 0.3) is 0 Å². The van der Waals surface area contributed by atoms with Gasteiger partial charge in [-0.25, -0.2) is 11.0 Å². The molecular formula is C13H21N4O5P. The second-order valence-electron chi connectivity index (χ2n) is 5.38. The zero-order chi connectivity index (χ0) is 17.6. The molecule has 1 aromatic carbocycles. The van der Waals surface area contributed by atoms with Gasteiger partial charge in [0.25, 0.3) is 5.69 Å². The topological polar surface area (TPSA) is 142 Å². The Labute approximate surface area is 134 Å². The third-order valence-corrected chi connectivity index (χ3v) is 3.60. The quantitative estimate of drug-likeness (QED) is 0.391. The molecule has 0 heterocycles. The summed E-state index contributed by atoms with van der Waals surface area (Å²) in [5, 5.41) is 10.7. The van der Waals surface area contributed by atoms with Crippen molar-refractivity contribution in [1.82, 2.24) is 4.90 Å². The first-order valence-electron chi connectivity index (χ1n) is 6.85. The number of nitro groups is 1. The first kappa shape index (κ1) is 19.4. The molecule has 0 aromatic heterocycles. The van der Waals surface area contributed by atoms with E-state index in [1.807, 2.05) is 19.0 Å². The number of nitrogens with zero attached hydrogens (tertiary/aromatic N) is 2. The molecule has 0 bridgehead atoms. The van der Waals surface area contributed by atoms with Crippen molar-refractivity contribution in [2.45, 2.75) is 18.9 Å². The van der Waals surface area contributed by atoms with Crippen molar-refractivity contribution in [3.63, 3.8) is 0 Å². The van der Waals surface area contributed by atoms with Crippen molar-refractivity contribution >= 4 is 19.1 Å². The highest BCUT2D eigenvalue weighted by atomic mass is 31.2. The fourth-order valence-corrected chi connectivity index (χ4v) is 2.48. The molecule has 0 fully saturated rings. The number of hydrogen-bond acceptors (Lipinski definition) is 6. The highest BCUT2D eigenvalue weighted by Crippen LogP contribution is 2.38. The third-order valence-electron chi connectivity index (χ3n) is 3.02. The van der Waals surface area contributed by atoms with Gasteiger partial charge in [0.1, 0.15) is 5.78 Å². The number of Topliss-reactive ketones (excluding diaryl/α,β-unsaturated/α-hetero) is 1. The molecule has 0 amide bonds. The van der Waals surface area contributed by atoms with Crippen LogP contribution in [-0.4, -0.2) is 36.2 Å². The Kier molecular flexibility index (Phi) is 6.99. The van der Waals surface area contributed by atoms with Crippen LogP contribution in [0.15, 0.2) is 24.3 Å². The molecule has 10 heteroatoms. The molecular weight excluding hydrogens is 323 g/mol. The van der Waals surface area contributed by atoms with Crippen LogP contribution in [0, 0.1) is 10.1 Å². The van der Waals surface area contributed by atoms with Crippen molar-refractivity contribution in [1.29, 1.82) is 0 Å². The smallest absolute Gasteiger partial charge is 0.309 e. The summed E-state index contributed by atoms with van der Waals surface area (Å²) in [5.41, 5.74) is 10.8. The van der Waals surface area contributed by atoms with Crippen LogP contribution in [0.3, 0.4) is 0 Å². The molecule has 128 valence electrons. The molecule has 0 saturated carbocycles. The van der Waals surface area contributed by atoms with E-state index in [0.717, 1.165) is 0 Å². The van der Waals surface area contributed by atoms with Gasteiger partial charge in [-0.1, -0.05) is 0 Å². The van der Waals surface area contributed by atoms with Gasteiger partial charge in [0, 0.05) is 31.5 Å². The van der Waals surface area contributed by atoms with E-state index < -0.39 is 18.7 Å². The number of nitro benzene ring substituents is 1. The number of rotatable bonds is 9. The van der Waals surface area contributed by atoms with Crippen molar-refractivity contribution in [2.24, 2.45) is 11.0 Å².